The van der Waals surface area contributed by atoms with Crippen molar-refractivity contribution < 1.29 is 27.1 Å². The van der Waals surface area contributed by atoms with Gasteiger partial charge >= 0.3 is 12.1 Å². The normalized spacial score (nSPS) is 11.7. The van der Waals surface area contributed by atoms with Crippen molar-refractivity contribution in [2.75, 3.05) is 6.61 Å². The van der Waals surface area contributed by atoms with E-state index in [1.54, 1.807) is 25.1 Å². The summed E-state index contributed by atoms with van der Waals surface area (Å²) in [5.74, 6) is -1.51. The minimum atomic E-state index is -4.65. The predicted octanol–water partition coefficient (Wildman–Crippen LogP) is 7.36. The van der Waals surface area contributed by atoms with E-state index >= 15 is 0 Å². The van der Waals surface area contributed by atoms with Crippen LogP contribution in [0.25, 0.3) is 11.0 Å². The topological polar surface area (TPSA) is 44.1 Å². The highest BCUT2D eigenvalue weighted by Gasteiger charge is 2.32. The zero-order chi connectivity index (χ0) is 25.2. The molecule has 4 nitrogen and oxygen atoms in total. The number of aromatic nitrogens is 2. The SMILES string of the molecule is CCOC(=O)c1ccc2c(c1)nc(SCc1cc(C(F)(F)F)cc(Cl)c1F)n2Cc1ccccc1. The molecule has 0 aliphatic heterocycles. The van der Waals surface area contributed by atoms with E-state index in [0.29, 0.717) is 34.4 Å². The van der Waals surface area contributed by atoms with Gasteiger partial charge < -0.3 is 9.30 Å². The summed E-state index contributed by atoms with van der Waals surface area (Å²) in [5.41, 5.74) is 1.33. The Morgan fingerprint density at radius 2 is 1.86 bits per heavy atom. The summed E-state index contributed by atoms with van der Waals surface area (Å²) in [4.78, 5) is 16.7. The Hall–Kier alpha value is -3.04. The fraction of sp³-hybridized carbons (Fsp3) is 0.200. The molecule has 0 atom stereocenters. The molecule has 4 rings (SSSR count). The van der Waals surface area contributed by atoms with Gasteiger partial charge in [-0.3, -0.25) is 0 Å². The Balaban J connectivity index is 1.72. The van der Waals surface area contributed by atoms with Gasteiger partial charge in [-0.05, 0) is 42.8 Å². The largest absolute Gasteiger partial charge is 0.462 e. The standard InChI is InChI=1S/C25H19ClF4N2O2S/c1-2-34-23(33)16-8-9-21-20(11-16)31-24(32(21)13-15-6-4-3-5-7-15)35-14-17-10-18(25(28,29)30)12-19(26)22(17)27/h3-12H,2,13-14H2,1H3. The summed E-state index contributed by atoms with van der Waals surface area (Å²) in [6.45, 7) is 2.36. The Morgan fingerprint density at radius 1 is 1.11 bits per heavy atom. The third-order valence-electron chi connectivity index (χ3n) is 5.20. The molecule has 0 spiro atoms. The van der Waals surface area contributed by atoms with Crippen LogP contribution in [0.4, 0.5) is 17.6 Å². The monoisotopic (exact) mass is 522 g/mol. The average molecular weight is 523 g/mol. The number of benzene rings is 3. The van der Waals surface area contributed by atoms with Gasteiger partial charge in [0.15, 0.2) is 5.16 Å². The molecule has 0 amide bonds. The fourth-order valence-electron chi connectivity index (χ4n) is 3.54. The Morgan fingerprint density at radius 3 is 2.54 bits per heavy atom. The molecule has 35 heavy (non-hydrogen) atoms. The van der Waals surface area contributed by atoms with E-state index < -0.39 is 28.5 Å². The van der Waals surface area contributed by atoms with Crippen LogP contribution in [0.2, 0.25) is 5.02 Å². The highest BCUT2D eigenvalue weighted by molar-refractivity contribution is 7.98. The third-order valence-corrected chi connectivity index (χ3v) is 6.50. The number of alkyl halides is 3. The number of hydrogen-bond acceptors (Lipinski definition) is 4. The summed E-state index contributed by atoms with van der Waals surface area (Å²) in [6, 6.07) is 15.8. The predicted molar refractivity (Wildman–Crippen MR) is 127 cm³/mol. The number of ether oxygens (including phenoxy) is 1. The lowest BCUT2D eigenvalue weighted by Crippen LogP contribution is -2.07. The molecule has 3 aromatic carbocycles. The number of nitrogens with zero attached hydrogens (tertiary/aromatic N) is 2. The first-order chi connectivity index (χ1) is 16.7. The first-order valence-corrected chi connectivity index (χ1v) is 11.9. The zero-order valence-electron chi connectivity index (χ0n) is 18.4. The number of rotatable bonds is 7. The molecule has 0 unspecified atom stereocenters. The second kappa shape index (κ2) is 10.3. The Kier molecular flexibility index (Phi) is 7.37. The summed E-state index contributed by atoms with van der Waals surface area (Å²) >= 11 is 6.82. The van der Waals surface area contributed by atoms with Crippen LogP contribution >= 0.6 is 23.4 Å². The first-order valence-electron chi connectivity index (χ1n) is 10.6. The van der Waals surface area contributed by atoms with E-state index in [2.05, 4.69) is 4.98 Å². The zero-order valence-corrected chi connectivity index (χ0v) is 20.0. The molecule has 1 heterocycles. The maximum Gasteiger partial charge on any atom is 0.416 e. The van der Waals surface area contributed by atoms with Crippen LogP contribution in [-0.2, 0) is 23.2 Å². The van der Waals surface area contributed by atoms with E-state index in [4.69, 9.17) is 16.3 Å². The molecular formula is C25H19ClF4N2O2S. The first kappa shape index (κ1) is 25.1. The summed E-state index contributed by atoms with van der Waals surface area (Å²) in [7, 11) is 0. The number of imidazole rings is 1. The lowest BCUT2D eigenvalue weighted by atomic mass is 10.1. The highest BCUT2D eigenvalue weighted by Crippen LogP contribution is 2.36. The van der Waals surface area contributed by atoms with Crippen molar-refractivity contribution in [1.29, 1.82) is 0 Å². The van der Waals surface area contributed by atoms with Crippen LogP contribution in [-0.4, -0.2) is 22.1 Å². The number of halogens is 5. The lowest BCUT2D eigenvalue weighted by Gasteiger charge is -2.12. The van der Waals surface area contributed by atoms with Crippen molar-refractivity contribution in [3.05, 3.63) is 93.8 Å². The molecule has 0 saturated heterocycles. The Labute approximate surface area is 207 Å². The molecule has 1 aromatic heterocycles. The van der Waals surface area contributed by atoms with Crippen LogP contribution in [0.15, 0.2) is 65.8 Å². The van der Waals surface area contributed by atoms with Crippen molar-refractivity contribution in [1.82, 2.24) is 9.55 Å². The van der Waals surface area contributed by atoms with Gasteiger partial charge in [-0.2, -0.15) is 13.2 Å². The van der Waals surface area contributed by atoms with Gasteiger partial charge in [-0.15, -0.1) is 0 Å². The second-order valence-electron chi connectivity index (χ2n) is 7.61. The van der Waals surface area contributed by atoms with Gasteiger partial charge in [0.1, 0.15) is 5.82 Å². The molecule has 0 bridgehead atoms. The van der Waals surface area contributed by atoms with E-state index in [0.717, 1.165) is 23.4 Å². The molecule has 182 valence electrons. The van der Waals surface area contributed by atoms with E-state index in [-0.39, 0.29) is 17.9 Å². The maximum atomic E-state index is 14.5. The van der Waals surface area contributed by atoms with E-state index in [1.807, 2.05) is 34.9 Å². The van der Waals surface area contributed by atoms with Gasteiger partial charge in [0, 0.05) is 11.3 Å². The van der Waals surface area contributed by atoms with Gasteiger partial charge in [0.05, 0.1) is 40.3 Å². The second-order valence-corrected chi connectivity index (χ2v) is 8.96. The van der Waals surface area contributed by atoms with Crippen LogP contribution in [0.5, 0.6) is 0 Å². The maximum absolute atomic E-state index is 14.5. The molecule has 0 N–H and O–H groups in total. The highest BCUT2D eigenvalue weighted by atomic mass is 35.5. The molecule has 4 aromatic rings. The summed E-state index contributed by atoms with van der Waals surface area (Å²) in [6.07, 6.45) is -4.65. The van der Waals surface area contributed by atoms with Crippen LogP contribution in [0.1, 0.15) is 34.0 Å². The van der Waals surface area contributed by atoms with Crippen molar-refractivity contribution in [2.45, 2.75) is 30.6 Å². The number of carbonyl (C=O) groups excluding carboxylic acids is 1. The van der Waals surface area contributed by atoms with Crippen molar-refractivity contribution in [2.24, 2.45) is 0 Å². The minimum absolute atomic E-state index is 0.127. The molecule has 0 saturated carbocycles. The summed E-state index contributed by atoms with van der Waals surface area (Å²) in [5, 5.41) is -0.134. The van der Waals surface area contributed by atoms with Crippen LogP contribution in [0.3, 0.4) is 0 Å². The molecule has 10 heteroatoms. The van der Waals surface area contributed by atoms with Crippen molar-refractivity contribution >= 4 is 40.4 Å². The number of esters is 1. The van der Waals surface area contributed by atoms with Gasteiger partial charge in [0.25, 0.3) is 0 Å². The van der Waals surface area contributed by atoms with Gasteiger partial charge in [0.2, 0.25) is 0 Å². The molecule has 0 radical (unpaired) electrons. The van der Waals surface area contributed by atoms with Crippen molar-refractivity contribution in [3.8, 4) is 0 Å². The van der Waals surface area contributed by atoms with Gasteiger partial charge in [-0.25, -0.2) is 14.2 Å². The number of hydrogen-bond donors (Lipinski definition) is 0. The number of carbonyl (C=O) groups is 1. The average Bonchev–Trinajstić information content (AvgIpc) is 3.16. The lowest BCUT2D eigenvalue weighted by molar-refractivity contribution is -0.137. The Bertz CT molecular complexity index is 1370. The smallest absolute Gasteiger partial charge is 0.416 e. The molecule has 0 fully saturated rings. The fourth-order valence-corrected chi connectivity index (χ4v) is 4.75. The summed E-state index contributed by atoms with van der Waals surface area (Å²) < 4.78 is 61.1. The quantitative estimate of drug-likeness (QED) is 0.144. The van der Waals surface area contributed by atoms with Crippen LogP contribution in [0, 0.1) is 5.82 Å². The number of thioether (sulfide) groups is 1. The van der Waals surface area contributed by atoms with Crippen molar-refractivity contribution in [3.63, 3.8) is 0 Å². The molecular weight excluding hydrogens is 504 g/mol. The van der Waals surface area contributed by atoms with E-state index in [9.17, 15) is 22.4 Å². The van der Waals surface area contributed by atoms with Crippen LogP contribution < -0.4 is 0 Å². The molecule has 0 aliphatic carbocycles. The minimum Gasteiger partial charge on any atom is -0.462 e. The third kappa shape index (κ3) is 5.62. The molecule has 0 aliphatic rings. The van der Waals surface area contributed by atoms with E-state index in [1.165, 1.54) is 0 Å². The van der Waals surface area contributed by atoms with Gasteiger partial charge in [-0.1, -0.05) is 53.7 Å². The number of fused-ring (bicyclic) bond motifs is 1.